The lowest BCUT2D eigenvalue weighted by atomic mass is 9.95. The number of hydrogen-bond acceptors (Lipinski definition) is 4. The molecule has 1 heterocycles. The zero-order valence-electron chi connectivity index (χ0n) is 11.5. The third-order valence-electron chi connectivity index (χ3n) is 3.12. The molecule has 6 heteroatoms. The molecule has 0 saturated heterocycles. The standard InChI is InChI=1S/C14H16N2O4/c1-8-11(13(17)20-3)12(16-14(18)15-8)9-4-6-10(19-2)7-5-9/h4-7,12H,1-3H3,(H2,15,16,18)/t12-/m1/s1. The number of rotatable bonds is 3. The maximum atomic E-state index is 11.9. The van der Waals surface area contributed by atoms with Crippen LogP contribution in [0.5, 0.6) is 5.75 Å². The summed E-state index contributed by atoms with van der Waals surface area (Å²) in [6.45, 7) is 1.67. The minimum atomic E-state index is -0.540. The summed E-state index contributed by atoms with van der Waals surface area (Å²) in [4.78, 5) is 23.5. The lowest BCUT2D eigenvalue weighted by Gasteiger charge is -2.27. The summed E-state index contributed by atoms with van der Waals surface area (Å²) in [6.07, 6.45) is 0. The molecule has 1 aliphatic rings. The van der Waals surface area contributed by atoms with E-state index >= 15 is 0 Å². The van der Waals surface area contributed by atoms with Crippen LogP contribution < -0.4 is 15.4 Å². The molecule has 0 aromatic heterocycles. The first-order valence-electron chi connectivity index (χ1n) is 6.07. The number of ether oxygens (including phenoxy) is 2. The van der Waals surface area contributed by atoms with Gasteiger partial charge in [0.15, 0.2) is 0 Å². The maximum absolute atomic E-state index is 11.9. The molecule has 0 aliphatic carbocycles. The first-order chi connectivity index (χ1) is 9.56. The number of allylic oxidation sites excluding steroid dienone is 1. The molecule has 1 aromatic carbocycles. The molecule has 2 N–H and O–H groups in total. The van der Waals surface area contributed by atoms with Crippen molar-refractivity contribution in [2.24, 2.45) is 0 Å². The number of urea groups is 1. The number of amides is 2. The molecular formula is C14H16N2O4. The second kappa shape index (κ2) is 5.64. The van der Waals surface area contributed by atoms with E-state index in [2.05, 4.69) is 10.6 Å². The number of carbonyl (C=O) groups is 2. The summed E-state index contributed by atoms with van der Waals surface area (Å²) in [5.74, 6) is 0.227. The van der Waals surface area contributed by atoms with E-state index in [1.165, 1.54) is 7.11 Å². The third-order valence-corrected chi connectivity index (χ3v) is 3.12. The van der Waals surface area contributed by atoms with Gasteiger partial charge in [0.2, 0.25) is 0 Å². The lowest BCUT2D eigenvalue weighted by Crippen LogP contribution is -2.45. The van der Waals surface area contributed by atoms with Crippen LogP contribution in [-0.2, 0) is 9.53 Å². The highest BCUT2D eigenvalue weighted by Gasteiger charge is 2.31. The summed E-state index contributed by atoms with van der Waals surface area (Å²) < 4.78 is 9.87. The van der Waals surface area contributed by atoms with Gasteiger partial charge in [-0.15, -0.1) is 0 Å². The molecule has 0 spiro atoms. The van der Waals surface area contributed by atoms with E-state index < -0.39 is 12.0 Å². The Hall–Kier alpha value is -2.50. The monoisotopic (exact) mass is 276 g/mol. The largest absolute Gasteiger partial charge is 0.497 e. The van der Waals surface area contributed by atoms with E-state index in [0.717, 1.165) is 5.56 Å². The van der Waals surface area contributed by atoms with Gasteiger partial charge in [-0.3, -0.25) is 0 Å². The van der Waals surface area contributed by atoms with Crippen molar-refractivity contribution in [2.45, 2.75) is 13.0 Å². The number of hydrogen-bond donors (Lipinski definition) is 2. The van der Waals surface area contributed by atoms with Gasteiger partial charge in [0.25, 0.3) is 0 Å². The van der Waals surface area contributed by atoms with Crippen LogP contribution in [0.4, 0.5) is 4.79 Å². The fourth-order valence-corrected chi connectivity index (χ4v) is 2.12. The van der Waals surface area contributed by atoms with Gasteiger partial charge < -0.3 is 20.1 Å². The van der Waals surface area contributed by atoms with Crippen molar-refractivity contribution in [3.63, 3.8) is 0 Å². The number of methoxy groups -OCH3 is 2. The second-order valence-corrected chi connectivity index (χ2v) is 4.33. The summed E-state index contributed by atoms with van der Waals surface area (Å²) in [5.41, 5.74) is 1.65. The molecule has 6 nitrogen and oxygen atoms in total. The van der Waals surface area contributed by atoms with Crippen LogP contribution in [0.1, 0.15) is 18.5 Å². The van der Waals surface area contributed by atoms with E-state index in [1.807, 2.05) is 0 Å². The highest BCUT2D eigenvalue weighted by molar-refractivity contribution is 5.94. The first kappa shape index (κ1) is 13.9. The van der Waals surface area contributed by atoms with Gasteiger partial charge >= 0.3 is 12.0 Å². The zero-order chi connectivity index (χ0) is 14.7. The van der Waals surface area contributed by atoms with Gasteiger partial charge in [-0.25, -0.2) is 9.59 Å². The number of nitrogens with one attached hydrogen (secondary N) is 2. The second-order valence-electron chi connectivity index (χ2n) is 4.33. The lowest BCUT2D eigenvalue weighted by molar-refractivity contribution is -0.136. The van der Waals surface area contributed by atoms with Gasteiger partial charge in [-0.05, 0) is 24.6 Å². The van der Waals surface area contributed by atoms with Crippen molar-refractivity contribution in [1.29, 1.82) is 0 Å². The molecule has 1 aromatic rings. The van der Waals surface area contributed by atoms with Crippen LogP contribution in [0.2, 0.25) is 0 Å². The summed E-state index contributed by atoms with van der Waals surface area (Å²) in [5, 5.41) is 5.29. The van der Waals surface area contributed by atoms with Crippen LogP contribution in [0, 0.1) is 0 Å². The van der Waals surface area contributed by atoms with Gasteiger partial charge in [0, 0.05) is 5.70 Å². The molecule has 0 unspecified atom stereocenters. The van der Waals surface area contributed by atoms with E-state index in [1.54, 1.807) is 38.3 Å². The van der Waals surface area contributed by atoms with Crippen molar-refractivity contribution >= 4 is 12.0 Å². The summed E-state index contributed by atoms with van der Waals surface area (Å²) in [7, 11) is 2.88. The predicted molar refractivity (Wildman–Crippen MR) is 72.1 cm³/mol. The zero-order valence-corrected chi connectivity index (χ0v) is 11.5. The number of benzene rings is 1. The Morgan fingerprint density at radius 3 is 2.40 bits per heavy atom. The van der Waals surface area contributed by atoms with Crippen LogP contribution in [0.25, 0.3) is 0 Å². The molecular weight excluding hydrogens is 260 g/mol. The smallest absolute Gasteiger partial charge is 0.337 e. The normalized spacial score (nSPS) is 18.1. The molecule has 2 amide bonds. The van der Waals surface area contributed by atoms with Crippen LogP contribution in [0.3, 0.4) is 0 Å². The van der Waals surface area contributed by atoms with Crippen molar-refractivity contribution in [2.75, 3.05) is 14.2 Å². The SMILES string of the molecule is COC(=O)C1=C(C)NC(=O)N[C@@H]1c1ccc(OC)cc1. The van der Waals surface area contributed by atoms with E-state index in [4.69, 9.17) is 9.47 Å². The van der Waals surface area contributed by atoms with Crippen molar-refractivity contribution in [3.8, 4) is 5.75 Å². The maximum Gasteiger partial charge on any atom is 0.337 e. The molecule has 1 atom stereocenters. The molecule has 0 radical (unpaired) electrons. The van der Waals surface area contributed by atoms with Gasteiger partial charge in [0.05, 0.1) is 25.8 Å². The molecule has 1 aliphatic heterocycles. The van der Waals surface area contributed by atoms with Crippen molar-refractivity contribution < 1.29 is 19.1 Å². The van der Waals surface area contributed by atoms with E-state index in [-0.39, 0.29) is 6.03 Å². The van der Waals surface area contributed by atoms with Gasteiger partial charge in [-0.1, -0.05) is 12.1 Å². The third kappa shape index (κ3) is 2.59. The minimum absolute atomic E-state index is 0.351. The number of carbonyl (C=O) groups excluding carboxylic acids is 2. The fraction of sp³-hybridized carbons (Fsp3) is 0.286. The Bertz CT molecular complexity index is 563. The highest BCUT2D eigenvalue weighted by Crippen LogP contribution is 2.28. The van der Waals surface area contributed by atoms with E-state index in [9.17, 15) is 9.59 Å². The molecule has 2 rings (SSSR count). The summed E-state index contributed by atoms with van der Waals surface area (Å²) in [6, 6.07) is 6.25. The fourth-order valence-electron chi connectivity index (χ4n) is 2.12. The van der Waals surface area contributed by atoms with Crippen LogP contribution in [-0.4, -0.2) is 26.2 Å². The first-order valence-corrected chi connectivity index (χ1v) is 6.07. The predicted octanol–water partition coefficient (Wildman–Crippen LogP) is 1.50. The molecule has 0 fully saturated rings. The van der Waals surface area contributed by atoms with Gasteiger partial charge in [0.1, 0.15) is 5.75 Å². The Morgan fingerprint density at radius 1 is 1.20 bits per heavy atom. The van der Waals surface area contributed by atoms with E-state index in [0.29, 0.717) is 17.0 Å². The van der Waals surface area contributed by atoms with Crippen LogP contribution >= 0.6 is 0 Å². The Labute approximate surface area is 116 Å². The molecule has 20 heavy (non-hydrogen) atoms. The molecule has 0 bridgehead atoms. The average Bonchev–Trinajstić information content (AvgIpc) is 2.46. The van der Waals surface area contributed by atoms with Crippen molar-refractivity contribution in [1.82, 2.24) is 10.6 Å². The minimum Gasteiger partial charge on any atom is -0.497 e. The molecule has 0 saturated carbocycles. The number of esters is 1. The van der Waals surface area contributed by atoms with Gasteiger partial charge in [-0.2, -0.15) is 0 Å². The topological polar surface area (TPSA) is 76.7 Å². The summed E-state index contributed by atoms with van der Waals surface area (Å²) >= 11 is 0. The Morgan fingerprint density at radius 2 is 1.85 bits per heavy atom. The average molecular weight is 276 g/mol. The Kier molecular flexibility index (Phi) is 3.93. The quantitative estimate of drug-likeness (QED) is 0.820. The van der Waals surface area contributed by atoms with Crippen LogP contribution in [0.15, 0.2) is 35.5 Å². The molecule has 106 valence electrons. The Balaban J connectivity index is 2.42. The highest BCUT2D eigenvalue weighted by atomic mass is 16.5. The van der Waals surface area contributed by atoms with Crippen molar-refractivity contribution in [3.05, 3.63) is 41.1 Å².